The minimum Gasteiger partial charge on any atom is -0.496 e. The Morgan fingerprint density at radius 3 is 2.40 bits per heavy atom. The Morgan fingerprint density at radius 2 is 1.85 bits per heavy atom. The van der Waals surface area contributed by atoms with Crippen LogP contribution in [0.3, 0.4) is 0 Å². The Bertz CT molecular complexity index is 566. The van der Waals surface area contributed by atoms with Gasteiger partial charge in [0.15, 0.2) is 0 Å². The lowest BCUT2D eigenvalue weighted by Gasteiger charge is -2.20. The Morgan fingerprint density at radius 1 is 1.15 bits per heavy atom. The Kier molecular flexibility index (Phi) is 4.74. The highest BCUT2D eigenvalue weighted by Crippen LogP contribution is 2.30. The molecule has 106 valence electrons. The first kappa shape index (κ1) is 14.5. The second-order valence-electron chi connectivity index (χ2n) is 4.70. The summed E-state index contributed by atoms with van der Waals surface area (Å²) in [5.41, 5.74) is 3.18. The SMILES string of the molecule is CCc1ccc(C(NC)c2cc(F)ccc2OC)cc1. The topological polar surface area (TPSA) is 21.3 Å². The molecule has 3 heteroatoms. The molecule has 0 heterocycles. The average Bonchev–Trinajstić information content (AvgIpc) is 2.49. The predicted octanol–water partition coefficient (Wildman–Crippen LogP) is 3.71. The Labute approximate surface area is 119 Å². The van der Waals surface area contributed by atoms with E-state index in [1.807, 2.05) is 7.05 Å². The zero-order chi connectivity index (χ0) is 14.5. The Hall–Kier alpha value is -1.87. The van der Waals surface area contributed by atoms with E-state index in [1.54, 1.807) is 13.2 Å². The van der Waals surface area contributed by atoms with Crippen LogP contribution < -0.4 is 10.1 Å². The molecule has 1 unspecified atom stereocenters. The van der Waals surface area contributed by atoms with E-state index in [0.717, 1.165) is 17.5 Å². The first-order valence-corrected chi connectivity index (χ1v) is 6.79. The van der Waals surface area contributed by atoms with Gasteiger partial charge in [-0.1, -0.05) is 31.2 Å². The summed E-state index contributed by atoms with van der Waals surface area (Å²) < 4.78 is 18.9. The number of benzene rings is 2. The number of hydrogen-bond acceptors (Lipinski definition) is 2. The minimum atomic E-state index is -0.258. The van der Waals surface area contributed by atoms with Crippen LogP contribution in [-0.4, -0.2) is 14.2 Å². The van der Waals surface area contributed by atoms with E-state index >= 15 is 0 Å². The van der Waals surface area contributed by atoms with Crippen molar-refractivity contribution < 1.29 is 9.13 Å². The fraction of sp³-hybridized carbons (Fsp3) is 0.294. The molecule has 0 saturated carbocycles. The van der Waals surface area contributed by atoms with E-state index < -0.39 is 0 Å². The van der Waals surface area contributed by atoms with Gasteiger partial charge in [0.25, 0.3) is 0 Å². The lowest BCUT2D eigenvalue weighted by atomic mass is 9.96. The number of aryl methyl sites for hydroxylation is 1. The summed E-state index contributed by atoms with van der Waals surface area (Å²) in [7, 11) is 3.46. The van der Waals surface area contributed by atoms with Crippen molar-refractivity contribution in [3.8, 4) is 5.75 Å². The molecule has 0 fully saturated rings. The van der Waals surface area contributed by atoms with E-state index in [2.05, 4.69) is 36.5 Å². The van der Waals surface area contributed by atoms with Crippen LogP contribution in [0.4, 0.5) is 4.39 Å². The third-order valence-corrected chi connectivity index (χ3v) is 3.51. The summed E-state index contributed by atoms with van der Waals surface area (Å²) in [5.74, 6) is 0.427. The summed E-state index contributed by atoms with van der Waals surface area (Å²) >= 11 is 0. The fourth-order valence-electron chi connectivity index (χ4n) is 2.38. The zero-order valence-electron chi connectivity index (χ0n) is 12.1. The quantitative estimate of drug-likeness (QED) is 0.896. The molecule has 1 atom stereocenters. The highest BCUT2D eigenvalue weighted by molar-refractivity contribution is 5.42. The van der Waals surface area contributed by atoms with Crippen molar-refractivity contribution in [1.29, 1.82) is 0 Å². The molecule has 0 amide bonds. The number of ether oxygens (including phenoxy) is 1. The first-order chi connectivity index (χ1) is 9.69. The summed E-state index contributed by atoms with van der Waals surface area (Å²) in [6.45, 7) is 2.13. The van der Waals surface area contributed by atoms with Crippen LogP contribution in [0.2, 0.25) is 0 Å². The normalized spacial score (nSPS) is 12.2. The van der Waals surface area contributed by atoms with Gasteiger partial charge < -0.3 is 10.1 Å². The Balaban J connectivity index is 2.43. The molecule has 2 aromatic carbocycles. The molecule has 0 saturated heterocycles. The molecule has 2 aromatic rings. The molecule has 2 rings (SSSR count). The summed E-state index contributed by atoms with van der Waals surface area (Å²) in [6, 6.07) is 12.9. The molecule has 20 heavy (non-hydrogen) atoms. The number of methoxy groups -OCH3 is 1. The molecular formula is C17H20FNO. The minimum absolute atomic E-state index is 0.0912. The molecule has 0 radical (unpaired) electrons. The third-order valence-electron chi connectivity index (χ3n) is 3.51. The lowest BCUT2D eigenvalue weighted by molar-refractivity contribution is 0.404. The van der Waals surface area contributed by atoms with Crippen LogP contribution in [-0.2, 0) is 6.42 Å². The summed E-state index contributed by atoms with van der Waals surface area (Å²) in [5, 5.41) is 3.23. The molecule has 0 aliphatic carbocycles. The highest BCUT2D eigenvalue weighted by Gasteiger charge is 2.17. The van der Waals surface area contributed by atoms with Crippen molar-refractivity contribution in [3.63, 3.8) is 0 Å². The largest absolute Gasteiger partial charge is 0.496 e. The van der Waals surface area contributed by atoms with E-state index in [4.69, 9.17) is 4.74 Å². The first-order valence-electron chi connectivity index (χ1n) is 6.79. The zero-order valence-corrected chi connectivity index (χ0v) is 12.1. The van der Waals surface area contributed by atoms with Crippen LogP contribution in [0.25, 0.3) is 0 Å². The molecular weight excluding hydrogens is 253 g/mol. The molecule has 0 aliphatic rings. The van der Waals surface area contributed by atoms with Gasteiger partial charge in [0.2, 0.25) is 0 Å². The molecule has 2 nitrogen and oxygen atoms in total. The second kappa shape index (κ2) is 6.53. The van der Waals surface area contributed by atoms with Gasteiger partial charge >= 0.3 is 0 Å². The van der Waals surface area contributed by atoms with Gasteiger partial charge in [-0.25, -0.2) is 4.39 Å². The van der Waals surface area contributed by atoms with E-state index in [1.165, 1.54) is 17.7 Å². The highest BCUT2D eigenvalue weighted by atomic mass is 19.1. The van der Waals surface area contributed by atoms with Crippen LogP contribution in [0.15, 0.2) is 42.5 Å². The summed E-state index contributed by atoms with van der Waals surface area (Å²) in [6.07, 6.45) is 1.01. The van der Waals surface area contributed by atoms with Gasteiger partial charge in [-0.3, -0.25) is 0 Å². The lowest BCUT2D eigenvalue weighted by Crippen LogP contribution is -2.18. The summed E-state index contributed by atoms with van der Waals surface area (Å²) in [4.78, 5) is 0. The smallest absolute Gasteiger partial charge is 0.124 e. The monoisotopic (exact) mass is 273 g/mol. The van der Waals surface area contributed by atoms with Gasteiger partial charge in [0.05, 0.1) is 13.2 Å². The number of hydrogen-bond donors (Lipinski definition) is 1. The fourth-order valence-corrected chi connectivity index (χ4v) is 2.38. The van der Waals surface area contributed by atoms with Crippen molar-refractivity contribution in [2.45, 2.75) is 19.4 Å². The maximum atomic E-state index is 13.5. The van der Waals surface area contributed by atoms with Crippen molar-refractivity contribution in [2.24, 2.45) is 0 Å². The molecule has 0 spiro atoms. The maximum absolute atomic E-state index is 13.5. The number of nitrogens with one attached hydrogen (secondary N) is 1. The second-order valence-corrected chi connectivity index (χ2v) is 4.70. The standard InChI is InChI=1S/C17H20FNO/c1-4-12-5-7-13(8-6-12)17(19-2)15-11-14(18)9-10-16(15)20-3/h5-11,17,19H,4H2,1-3H3. The van der Waals surface area contributed by atoms with Crippen molar-refractivity contribution >= 4 is 0 Å². The van der Waals surface area contributed by atoms with Gasteiger partial charge in [-0.15, -0.1) is 0 Å². The van der Waals surface area contributed by atoms with Gasteiger partial charge in [-0.05, 0) is 42.8 Å². The maximum Gasteiger partial charge on any atom is 0.124 e. The molecule has 0 aromatic heterocycles. The van der Waals surface area contributed by atoms with E-state index in [9.17, 15) is 4.39 Å². The predicted molar refractivity (Wildman–Crippen MR) is 79.7 cm³/mol. The van der Waals surface area contributed by atoms with Crippen molar-refractivity contribution in [2.75, 3.05) is 14.2 Å². The molecule has 1 N–H and O–H groups in total. The van der Waals surface area contributed by atoms with E-state index in [-0.39, 0.29) is 11.9 Å². The number of halogens is 1. The van der Waals surface area contributed by atoms with Crippen LogP contribution in [0.5, 0.6) is 5.75 Å². The molecule has 0 aliphatic heterocycles. The third kappa shape index (κ3) is 2.99. The average molecular weight is 273 g/mol. The van der Waals surface area contributed by atoms with Crippen LogP contribution >= 0.6 is 0 Å². The van der Waals surface area contributed by atoms with Gasteiger partial charge in [-0.2, -0.15) is 0 Å². The van der Waals surface area contributed by atoms with E-state index in [0.29, 0.717) is 5.75 Å². The van der Waals surface area contributed by atoms with Crippen molar-refractivity contribution in [3.05, 3.63) is 65.0 Å². The van der Waals surface area contributed by atoms with Crippen molar-refractivity contribution in [1.82, 2.24) is 5.32 Å². The van der Waals surface area contributed by atoms with Gasteiger partial charge in [0.1, 0.15) is 11.6 Å². The van der Waals surface area contributed by atoms with Gasteiger partial charge in [0, 0.05) is 5.56 Å². The number of rotatable bonds is 5. The molecule has 0 bridgehead atoms. The van der Waals surface area contributed by atoms with Crippen LogP contribution in [0, 0.1) is 5.82 Å². The van der Waals surface area contributed by atoms with Crippen LogP contribution in [0.1, 0.15) is 29.7 Å².